The fourth-order valence-corrected chi connectivity index (χ4v) is 2.52. The molecule has 1 rings (SSSR count). The molecule has 19 heavy (non-hydrogen) atoms. The lowest BCUT2D eigenvalue weighted by Gasteiger charge is -2.04. The van der Waals surface area contributed by atoms with Crippen molar-refractivity contribution in [3.8, 4) is 0 Å². The van der Waals surface area contributed by atoms with Crippen LogP contribution >= 0.6 is 0 Å². The van der Waals surface area contributed by atoms with Crippen molar-refractivity contribution in [1.82, 2.24) is 5.32 Å². The molecule has 1 aromatic rings. The van der Waals surface area contributed by atoms with E-state index in [0.717, 1.165) is 5.41 Å². The molecule has 8 heteroatoms. The zero-order valence-electron chi connectivity index (χ0n) is 10.1. The summed E-state index contributed by atoms with van der Waals surface area (Å²) in [6.07, 6.45) is 0.310. The van der Waals surface area contributed by atoms with Gasteiger partial charge in [-0.15, -0.1) is 0 Å². The van der Waals surface area contributed by atoms with Gasteiger partial charge < -0.3 is 0 Å². The lowest BCUT2D eigenvalue weighted by atomic mass is 10.3. The maximum absolute atomic E-state index is 11.1. The van der Waals surface area contributed by atoms with Gasteiger partial charge >= 0.3 is 0 Å². The summed E-state index contributed by atoms with van der Waals surface area (Å²) in [5, 5.41) is 4.94. The number of hydrogen-bond acceptors (Lipinski definition) is 4. The molecule has 0 fully saturated rings. The van der Waals surface area contributed by atoms with Gasteiger partial charge in [-0.05, 0) is 24.6 Å². The lowest BCUT2D eigenvalue weighted by Crippen LogP contribution is -2.08. The largest absolute Gasteiger partial charge is 0.294 e. The Labute approximate surface area is 112 Å². The Balaban J connectivity index is 2.58. The minimum atomic E-state index is -4.25. The molecule has 0 aliphatic rings. The molecule has 0 aromatic heterocycles. The molecule has 1 aromatic carbocycles. The van der Waals surface area contributed by atoms with Gasteiger partial charge in [0.1, 0.15) is 0 Å². The molecule has 0 saturated carbocycles. The molecule has 1 radical (unpaired) electrons. The summed E-state index contributed by atoms with van der Waals surface area (Å²) in [6, 6.07) is 5.48. The molecular formula is C11H14NO5S2. The highest BCUT2D eigenvalue weighted by Gasteiger charge is 2.10. The van der Waals surface area contributed by atoms with Crippen molar-refractivity contribution in [3.05, 3.63) is 36.3 Å². The van der Waals surface area contributed by atoms with Crippen molar-refractivity contribution in [1.29, 1.82) is 0 Å². The first-order chi connectivity index (χ1) is 8.74. The van der Waals surface area contributed by atoms with Crippen LogP contribution in [0.15, 0.2) is 41.1 Å². The second-order valence-corrected chi connectivity index (χ2v) is 7.23. The van der Waals surface area contributed by atoms with Crippen molar-refractivity contribution in [2.75, 3.05) is 12.3 Å². The first-order valence-electron chi connectivity index (χ1n) is 5.35. The van der Waals surface area contributed by atoms with Gasteiger partial charge in [-0.25, -0.2) is 8.42 Å². The van der Waals surface area contributed by atoms with E-state index in [2.05, 4.69) is 11.9 Å². The minimum Gasteiger partial charge on any atom is -0.285 e. The summed E-state index contributed by atoms with van der Waals surface area (Å²) in [5.41, 5.74) is 0.367. The number of nitrogens with zero attached hydrogens (tertiary/aromatic N) is 1. The summed E-state index contributed by atoms with van der Waals surface area (Å²) in [4.78, 5) is -0.243. The van der Waals surface area contributed by atoms with Crippen LogP contribution in [0.2, 0.25) is 0 Å². The van der Waals surface area contributed by atoms with Crippen LogP contribution in [0.4, 0.5) is 5.69 Å². The van der Waals surface area contributed by atoms with E-state index in [-0.39, 0.29) is 17.2 Å². The van der Waals surface area contributed by atoms with E-state index in [9.17, 15) is 16.8 Å². The van der Waals surface area contributed by atoms with E-state index in [1.54, 1.807) is 6.07 Å². The Morgan fingerprint density at radius 3 is 2.53 bits per heavy atom. The highest BCUT2D eigenvalue weighted by molar-refractivity contribution is 7.94. The monoisotopic (exact) mass is 304 g/mol. The van der Waals surface area contributed by atoms with Crippen LogP contribution in [0.5, 0.6) is 0 Å². The van der Waals surface area contributed by atoms with Crippen LogP contribution < -0.4 is 5.32 Å². The maximum Gasteiger partial charge on any atom is 0.294 e. The third-order valence-corrected chi connectivity index (χ3v) is 4.47. The molecule has 0 saturated heterocycles. The van der Waals surface area contributed by atoms with Gasteiger partial charge in [0.05, 0.1) is 16.3 Å². The van der Waals surface area contributed by atoms with Crippen molar-refractivity contribution in [3.63, 3.8) is 0 Å². The second kappa shape index (κ2) is 6.18. The first kappa shape index (κ1) is 15.7. The van der Waals surface area contributed by atoms with E-state index in [1.165, 1.54) is 18.2 Å². The predicted molar refractivity (Wildman–Crippen MR) is 71.5 cm³/mol. The maximum atomic E-state index is 11.1. The summed E-state index contributed by atoms with van der Waals surface area (Å²) >= 11 is 0. The van der Waals surface area contributed by atoms with Crippen LogP contribution in [0.25, 0.3) is 0 Å². The summed E-state index contributed by atoms with van der Waals surface area (Å²) in [6.45, 7) is 3.43. The molecule has 0 spiro atoms. The molecule has 0 aliphatic heterocycles. The second-order valence-electron chi connectivity index (χ2n) is 3.74. The highest BCUT2D eigenvalue weighted by Crippen LogP contribution is 2.15. The fourth-order valence-electron chi connectivity index (χ4n) is 1.30. The smallest absolute Gasteiger partial charge is 0.285 e. The van der Waals surface area contributed by atoms with E-state index < -0.39 is 20.0 Å². The SMILES string of the molecule is C=CS(=O)(=O)CCC[N]c1cccc(S(=O)(=O)O)c1. The summed E-state index contributed by atoms with van der Waals surface area (Å²) in [5.74, 6) is -0.0576. The number of rotatable bonds is 7. The van der Waals surface area contributed by atoms with Gasteiger partial charge in [-0.2, -0.15) is 8.42 Å². The van der Waals surface area contributed by atoms with E-state index in [0.29, 0.717) is 12.1 Å². The van der Waals surface area contributed by atoms with Crippen molar-refractivity contribution in [2.24, 2.45) is 0 Å². The predicted octanol–water partition coefficient (Wildman–Crippen LogP) is 1.12. The van der Waals surface area contributed by atoms with Gasteiger partial charge in [0.2, 0.25) is 0 Å². The lowest BCUT2D eigenvalue weighted by molar-refractivity contribution is 0.483. The van der Waals surface area contributed by atoms with E-state index in [1.807, 2.05) is 0 Å². The molecule has 0 heterocycles. The number of hydrogen-bond donors (Lipinski definition) is 1. The summed E-state index contributed by atoms with van der Waals surface area (Å²) in [7, 11) is -7.49. The topological polar surface area (TPSA) is 103 Å². The zero-order chi connectivity index (χ0) is 14.5. The molecule has 0 aliphatic carbocycles. The molecule has 0 amide bonds. The number of benzene rings is 1. The quantitative estimate of drug-likeness (QED) is 0.600. The Morgan fingerprint density at radius 2 is 1.95 bits per heavy atom. The van der Waals surface area contributed by atoms with E-state index >= 15 is 0 Å². The Kier molecular flexibility index (Phi) is 5.10. The van der Waals surface area contributed by atoms with Crippen LogP contribution in [0, 0.1) is 0 Å². The molecule has 0 unspecified atom stereocenters. The molecule has 105 valence electrons. The van der Waals surface area contributed by atoms with Gasteiger partial charge in [-0.3, -0.25) is 9.87 Å². The van der Waals surface area contributed by atoms with Crippen molar-refractivity contribution < 1.29 is 21.4 Å². The summed E-state index contributed by atoms with van der Waals surface area (Å²) < 4.78 is 52.9. The molecule has 6 nitrogen and oxygen atoms in total. The van der Waals surface area contributed by atoms with Crippen LogP contribution in [-0.4, -0.2) is 33.7 Å². The average molecular weight is 304 g/mol. The highest BCUT2D eigenvalue weighted by atomic mass is 32.2. The number of sulfone groups is 1. The molecule has 1 N–H and O–H groups in total. The van der Waals surface area contributed by atoms with E-state index in [4.69, 9.17) is 4.55 Å². The van der Waals surface area contributed by atoms with Gasteiger partial charge in [-0.1, -0.05) is 12.6 Å². The average Bonchev–Trinajstić information content (AvgIpc) is 2.34. The first-order valence-corrected chi connectivity index (χ1v) is 8.50. The minimum absolute atomic E-state index is 0.0576. The van der Waals surface area contributed by atoms with Gasteiger partial charge in [0.15, 0.2) is 9.84 Å². The molecular weight excluding hydrogens is 290 g/mol. The fraction of sp³-hybridized carbons (Fsp3) is 0.273. The van der Waals surface area contributed by atoms with Gasteiger partial charge in [0, 0.05) is 12.0 Å². The third-order valence-electron chi connectivity index (χ3n) is 2.25. The van der Waals surface area contributed by atoms with Gasteiger partial charge in [0.25, 0.3) is 10.1 Å². The normalized spacial score (nSPS) is 12.1. The Morgan fingerprint density at radius 1 is 1.26 bits per heavy atom. The Bertz CT molecular complexity index is 649. The van der Waals surface area contributed by atoms with Crippen LogP contribution in [0.1, 0.15) is 6.42 Å². The van der Waals surface area contributed by atoms with Crippen LogP contribution in [0.3, 0.4) is 0 Å². The Hall–Kier alpha value is -1.38. The van der Waals surface area contributed by atoms with Crippen LogP contribution in [-0.2, 0) is 20.0 Å². The zero-order valence-corrected chi connectivity index (χ0v) is 11.7. The third kappa shape index (κ3) is 5.41. The molecule has 0 bridgehead atoms. The van der Waals surface area contributed by atoms with Crippen molar-refractivity contribution in [2.45, 2.75) is 11.3 Å². The van der Waals surface area contributed by atoms with Crippen molar-refractivity contribution >= 4 is 25.6 Å². The molecule has 0 atom stereocenters. The standard InChI is InChI=1S/C11H14NO5S2/c1-2-18(13,14)8-4-7-12-10-5-3-6-11(9-10)19(15,16)17/h2-3,5-6,9H,1,4,7-8H2,(H,15,16,17).